The molecule has 0 aliphatic rings. The average molecular weight is 382 g/mol. The highest BCUT2D eigenvalue weighted by atomic mass is 79.9. The molecule has 2 aromatic rings. The van der Waals surface area contributed by atoms with Crippen LogP contribution in [-0.2, 0) is 0 Å². The molecule has 0 atom stereocenters. The lowest BCUT2D eigenvalue weighted by molar-refractivity contribution is 0.102. The van der Waals surface area contributed by atoms with E-state index in [9.17, 15) is 4.79 Å². The number of nitrogens with zero attached hydrogens (tertiary/aromatic N) is 2. The Kier molecular flexibility index (Phi) is 6.21. The fourth-order valence-corrected chi connectivity index (χ4v) is 2.65. The monoisotopic (exact) mass is 381 g/mol. The molecule has 0 aliphatic carbocycles. The molecule has 22 heavy (non-hydrogen) atoms. The van der Waals surface area contributed by atoms with E-state index in [1.54, 1.807) is 12.3 Å². The maximum Gasteiger partial charge on any atom is 0.275 e. The van der Waals surface area contributed by atoms with Crippen LogP contribution in [0.3, 0.4) is 0 Å². The van der Waals surface area contributed by atoms with Gasteiger partial charge in [-0.2, -0.15) is 0 Å². The van der Waals surface area contributed by atoms with Crippen LogP contribution in [0.1, 0.15) is 24.3 Å². The van der Waals surface area contributed by atoms with Crippen molar-refractivity contribution in [2.24, 2.45) is 0 Å². The minimum Gasteiger partial charge on any atom is -0.492 e. The van der Waals surface area contributed by atoms with Gasteiger partial charge in [-0.1, -0.05) is 30.8 Å². The number of para-hydroxylation sites is 2. The van der Waals surface area contributed by atoms with Crippen molar-refractivity contribution in [3.8, 4) is 5.75 Å². The summed E-state index contributed by atoms with van der Waals surface area (Å²) in [5.41, 5.74) is 0.918. The molecular weight excluding hydrogens is 366 g/mol. The lowest BCUT2D eigenvalue weighted by Crippen LogP contribution is -2.16. The van der Waals surface area contributed by atoms with E-state index < -0.39 is 0 Å². The number of aromatic nitrogens is 2. The molecule has 1 aromatic carbocycles. The van der Waals surface area contributed by atoms with Gasteiger partial charge >= 0.3 is 0 Å². The van der Waals surface area contributed by atoms with Crippen molar-refractivity contribution in [1.29, 1.82) is 0 Å². The van der Waals surface area contributed by atoms with E-state index >= 15 is 0 Å². The predicted molar refractivity (Wildman–Crippen MR) is 91.7 cm³/mol. The molecule has 1 N–H and O–H groups in total. The molecule has 0 aliphatic heterocycles. The zero-order valence-electron chi connectivity index (χ0n) is 12.3. The van der Waals surface area contributed by atoms with Gasteiger partial charge in [-0.25, -0.2) is 9.97 Å². The summed E-state index contributed by atoms with van der Waals surface area (Å²) in [6.45, 7) is 4.43. The number of benzene rings is 1. The second-order valence-electron chi connectivity index (χ2n) is 4.17. The van der Waals surface area contributed by atoms with Crippen LogP contribution < -0.4 is 10.1 Å². The van der Waals surface area contributed by atoms with Gasteiger partial charge in [0.2, 0.25) is 0 Å². The molecule has 0 fully saturated rings. The Bertz CT molecular complexity index is 667. The summed E-state index contributed by atoms with van der Waals surface area (Å²) in [5.74, 6) is 1.17. The molecule has 0 unspecified atom stereocenters. The van der Waals surface area contributed by atoms with Gasteiger partial charge in [0.05, 0.1) is 16.8 Å². The van der Waals surface area contributed by atoms with Crippen LogP contribution in [0.4, 0.5) is 5.69 Å². The van der Waals surface area contributed by atoms with Crippen LogP contribution in [0.5, 0.6) is 5.75 Å². The molecule has 5 nitrogen and oxygen atoms in total. The van der Waals surface area contributed by atoms with Crippen LogP contribution in [0.25, 0.3) is 0 Å². The van der Waals surface area contributed by atoms with E-state index in [4.69, 9.17) is 4.74 Å². The molecule has 7 heteroatoms. The first-order valence-corrected chi connectivity index (χ1v) is 8.62. The minimum atomic E-state index is -0.306. The van der Waals surface area contributed by atoms with E-state index in [2.05, 4.69) is 31.2 Å². The highest BCUT2D eigenvalue weighted by molar-refractivity contribution is 9.10. The van der Waals surface area contributed by atoms with Crippen molar-refractivity contribution in [3.63, 3.8) is 0 Å². The summed E-state index contributed by atoms with van der Waals surface area (Å²) >= 11 is 4.80. The highest BCUT2D eigenvalue weighted by Gasteiger charge is 2.15. The first-order valence-electron chi connectivity index (χ1n) is 6.84. The van der Waals surface area contributed by atoms with Gasteiger partial charge in [-0.3, -0.25) is 4.79 Å². The second-order valence-corrected chi connectivity index (χ2v) is 6.25. The fourth-order valence-electron chi connectivity index (χ4n) is 1.74. The van der Waals surface area contributed by atoms with Crippen molar-refractivity contribution in [1.82, 2.24) is 9.97 Å². The van der Waals surface area contributed by atoms with Crippen LogP contribution in [-0.4, -0.2) is 28.2 Å². The zero-order valence-corrected chi connectivity index (χ0v) is 14.7. The van der Waals surface area contributed by atoms with E-state index in [0.717, 1.165) is 5.75 Å². The third-order valence-electron chi connectivity index (χ3n) is 2.65. The number of amides is 1. The molecule has 0 saturated carbocycles. The van der Waals surface area contributed by atoms with Crippen LogP contribution in [0.15, 0.2) is 40.1 Å². The second kappa shape index (κ2) is 8.14. The third kappa shape index (κ3) is 4.20. The molecule has 1 aromatic heterocycles. The molecule has 0 radical (unpaired) electrons. The van der Waals surface area contributed by atoms with Crippen molar-refractivity contribution >= 4 is 39.3 Å². The molecular formula is C15H16BrN3O2S. The number of nitrogens with one attached hydrogen (secondary N) is 1. The van der Waals surface area contributed by atoms with Gasteiger partial charge in [0.15, 0.2) is 5.16 Å². The Balaban J connectivity index is 2.24. The summed E-state index contributed by atoms with van der Waals surface area (Å²) in [6, 6.07) is 7.30. The maximum absolute atomic E-state index is 12.5. The number of halogens is 1. The van der Waals surface area contributed by atoms with E-state index in [1.807, 2.05) is 32.0 Å². The van der Waals surface area contributed by atoms with Crippen molar-refractivity contribution < 1.29 is 9.53 Å². The van der Waals surface area contributed by atoms with Crippen molar-refractivity contribution in [3.05, 3.63) is 40.6 Å². The molecule has 0 spiro atoms. The standard InChI is InChI=1S/C15H16BrN3O2S/c1-3-21-12-8-6-5-7-11(12)18-14(20)13-10(16)9-17-15(19-13)22-4-2/h5-9H,3-4H2,1-2H3,(H,18,20). The minimum absolute atomic E-state index is 0.303. The molecule has 2 rings (SSSR count). The molecule has 0 bridgehead atoms. The van der Waals surface area contributed by atoms with Gasteiger partial charge in [-0.05, 0) is 40.7 Å². The summed E-state index contributed by atoms with van der Waals surface area (Å²) in [5, 5.41) is 3.41. The molecule has 116 valence electrons. The number of anilines is 1. The summed E-state index contributed by atoms with van der Waals surface area (Å²) in [4.78, 5) is 20.9. The van der Waals surface area contributed by atoms with Crippen molar-refractivity contribution in [2.75, 3.05) is 17.7 Å². The van der Waals surface area contributed by atoms with Gasteiger partial charge in [0.1, 0.15) is 11.4 Å². The molecule has 1 heterocycles. The normalized spacial score (nSPS) is 10.3. The van der Waals surface area contributed by atoms with E-state index in [-0.39, 0.29) is 5.91 Å². The third-order valence-corrected chi connectivity index (χ3v) is 3.97. The molecule has 1 amide bonds. The molecule has 0 saturated heterocycles. The van der Waals surface area contributed by atoms with Gasteiger partial charge in [-0.15, -0.1) is 0 Å². The first-order chi connectivity index (χ1) is 10.7. The summed E-state index contributed by atoms with van der Waals surface area (Å²) < 4.78 is 6.06. The average Bonchev–Trinajstić information content (AvgIpc) is 2.51. The zero-order chi connectivity index (χ0) is 15.9. The number of hydrogen-bond acceptors (Lipinski definition) is 5. The Hall–Kier alpha value is -1.60. The number of ether oxygens (including phenoxy) is 1. The Labute approximate surface area is 142 Å². The van der Waals surface area contributed by atoms with Crippen LogP contribution in [0.2, 0.25) is 0 Å². The van der Waals surface area contributed by atoms with E-state index in [1.165, 1.54) is 11.8 Å². The largest absolute Gasteiger partial charge is 0.492 e. The first kappa shape index (κ1) is 16.8. The quantitative estimate of drug-likeness (QED) is 0.604. The highest BCUT2D eigenvalue weighted by Crippen LogP contribution is 2.25. The van der Waals surface area contributed by atoms with Gasteiger partial charge < -0.3 is 10.1 Å². The number of thioether (sulfide) groups is 1. The fraction of sp³-hybridized carbons (Fsp3) is 0.267. The lowest BCUT2D eigenvalue weighted by Gasteiger charge is -2.11. The number of carbonyl (C=O) groups is 1. The Morgan fingerprint density at radius 3 is 2.86 bits per heavy atom. The topological polar surface area (TPSA) is 64.1 Å². The number of carbonyl (C=O) groups excluding carboxylic acids is 1. The Morgan fingerprint density at radius 2 is 2.14 bits per heavy atom. The van der Waals surface area contributed by atoms with Crippen molar-refractivity contribution in [2.45, 2.75) is 19.0 Å². The van der Waals surface area contributed by atoms with E-state index in [0.29, 0.717) is 33.4 Å². The SMILES string of the molecule is CCOc1ccccc1NC(=O)c1nc(SCC)ncc1Br. The maximum atomic E-state index is 12.5. The van der Waals surface area contributed by atoms with Crippen LogP contribution in [0, 0.1) is 0 Å². The van der Waals surface area contributed by atoms with Gasteiger partial charge in [0.25, 0.3) is 5.91 Å². The number of hydrogen-bond donors (Lipinski definition) is 1. The van der Waals surface area contributed by atoms with Crippen LogP contribution >= 0.6 is 27.7 Å². The predicted octanol–water partition coefficient (Wildman–Crippen LogP) is 4.00. The van der Waals surface area contributed by atoms with Gasteiger partial charge in [0, 0.05) is 6.20 Å². The summed E-state index contributed by atoms with van der Waals surface area (Å²) in [6.07, 6.45) is 1.59. The summed E-state index contributed by atoms with van der Waals surface area (Å²) in [7, 11) is 0. The number of rotatable bonds is 6. The lowest BCUT2D eigenvalue weighted by atomic mass is 10.2. The Morgan fingerprint density at radius 1 is 1.36 bits per heavy atom. The smallest absolute Gasteiger partial charge is 0.275 e.